The molecule has 0 aromatic carbocycles. The number of amides is 1. The zero-order valence-corrected chi connectivity index (χ0v) is 13.0. The van der Waals surface area contributed by atoms with Gasteiger partial charge in [0.15, 0.2) is 6.54 Å². The summed E-state index contributed by atoms with van der Waals surface area (Å²) >= 11 is 1.78. The lowest BCUT2D eigenvalue weighted by Crippen LogP contribution is -3.11. The van der Waals surface area contributed by atoms with Crippen molar-refractivity contribution in [1.82, 2.24) is 5.32 Å². The SMILES string of the molecule is N#CC1(NC(=O)C[NH+]2CCC[C@H]2c2cccs2)CCCC1. The van der Waals surface area contributed by atoms with Crippen LogP contribution in [0.5, 0.6) is 0 Å². The van der Waals surface area contributed by atoms with E-state index in [0.717, 1.165) is 38.6 Å². The van der Waals surface area contributed by atoms with Gasteiger partial charge in [0, 0.05) is 12.8 Å². The van der Waals surface area contributed by atoms with Crippen molar-refractivity contribution in [2.24, 2.45) is 0 Å². The van der Waals surface area contributed by atoms with E-state index in [0.29, 0.717) is 12.6 Å². The van der Waals surface area contributed by atoms with Gasteiger partial charge in [-0.25, -0.2) is 0 Å². The molecule has 1 aliphatic carbocycles. The number of hydrogen-bond acceptors (Lipinski definition) is 3. The predicted molar refractivity (Wildman–Crippen MR) is 81.9 cm³/mol. The molecule has 1 amide bonds. The number of likely N-dealkylation sites (tertiary alicyclic amines) is 1. The monoisotopic (exact) mass is 304 g/mol. The second-order valence-corrected chi connectivity index (χ2v) is 7.22. The van der Waals surface area contributed by atoms with Crippen LogP contribution < -0.4 is 10.2 Å². The van der Waals surface area contributed by atoms with Gasteiger partial charge in [-0.3, -0.25) is 4.79 Å². The van der Waals surface area contributed by atoms with Gasteiger partial charge in [-0.15, -0.1) is 11.3 Å². The van der Waals surface area contributed by atoms with Gasteiger partial charge in [0.25, 0.3) is 5.91 Å². The minimum Gasteiger partial charge on any atom is -0.333 e. The predicted octanol–water partition coefficient (Wildman–Crippen LogP) is 1.42. The number of rotatable bonds is 4. The average molecular weight is 304 g/mol. The lowest BCUT2D eigenvalue weighted by Gasteiger charge is -2.25. The molecule has 2 heterocycles. The molecule has 0 bridgehead atoms. The largest absolute Gasteiger partial charge is 0.333 e. The molecule has 2 N–H and O–H groups in total. The maximum absolute atomic E-state index is 12.4. The van der Waals surface area contributed by atoms with E-state index in [-0.39, 0.29) is 5.91 Å². The molecule has 1 aromatic heterocycles. The van der Waals surface area contributed by atoms with Gasteiger partial charge in [-0.1, -0.05) is 6.07 Å². The smallest absolute Gasteiger partial charge is 0.276 e. The second-order valence-electron chi connectivity index (χ2n) is 6.24. The van der Waals surface area contributed by atoms with E-state index in [1.165, 1.54) is 16.2 Å². The van der Waals surface area contributed by atoms with Crippen LogP contribution in [0.2, 0.25) is 0 Å². The lowest BCUT2D eigenvalue weighted by molar-refractivity contribution is -0.910. The number of carbonyl (C=O) groups is 1. The Morgan fingerprint density at radius 3 is 2.95 bits per heavy atom. The Kier molecular flexibility index (Phi) is 4.27. The van der Waals surface area contributed by atoms with Crippen LogP contribution >= 0.6 is 11.3 Å². The quantitative estimate of drug-likeness (QED) is 0.884. The lowest BCUT2D eigenvalue weighted by atomic mass is 10.00. The number of quaternary nitrogens is 1. The van der Waals surface area contributed by atoms with Crippen LogP contribution in [0, 0.1) is 11.3 Å². The molecule has 1 unspecified atom stereocenters. The molecule has 5 heteroatoms. The second kappa shape index (κ2) is 6.17. The summed E-state index contributed by atoms with van der Waals surface area (Å²) < 4.78 is 0. The minimum atomic E-state index is -0.589. The molecule has 4 nitrogen and oxygen atoms in total. The van der Waals surface area contributed by atoms with E-state index in [4.69, 9.17) is 0 Å². The number of carbonyl (C=O) groups excluding carboxylic acids is 1. The average Bonchev–Trinajstić information content (AvgIpc) is 3.19. The Morgan fingerprint density at radius 1 is 1.48 bits per heavy atom. The molecule has 0 radical (unpaired) electrons. The highest BCUT2D eigenvalue weighted by molar-refractivity contribution is 7.10. The summed E-state index contributed by atoms with van der Waals surface area (Å²) in [5, 5.41) is 14.5. The van der Waals surface area contributed by atoms with Crippen molar-refractivity contribution >= 4 is 17.2 Å². The van der Waals surface area contributed by atoms with Crippen LogP contribution in [0.25, 0.3) is 0 Å². The Morgan fingerprint density at radius 2 is 2.29 bits per heavy atom. The van der Waals surface area contributed by atoms with E-state index in [2.05, 4.69) is 28.9 Å². The number of nitrogens with zero attached hydrogens (tertiary/aromatic N) is 1. The van der Waals surface area contributed by atoms with Crippen LogP contribution in [-0.4, -0.2) is 24.5 Å². The van der Waals surface area contributed by atoms with Gasteiger partial charge in [0.1, 0.15) is 11.6 Å². The van der Waals surface area contributed by atoms with Crippen molar-refractivity contribution < 1.29 is 9.69 Å². The van der Waals surface area contributed by atoms with Gasteiger partial charge >= 0.3 is 0 Å². The van der Waals surface area contributed by atoms with Crippen LogP contribution in [0.3, 0.4) is 0 Å². The first kappa shape index (κ1) is 14.6. The molecule has 1 aliphatic heterocycles. The van der Waals surface area contributed by atoms with Crippen molar-refractivity contribution in [3.05, 3.63) is 22.4 Å². The highest BCUT2D eigenvalue weighted by Crippen LogP contribution is 2.28. The summed E-state index contributed by atoms with van der Waals surface area (Å²) in [4.78, 5) is 15.1. The molecular weight excluding hydrogens is 282 g/mol. The van der Waals surface area contributed by atoms with Crippen molar-refractivity contribution in [2.75, 3.05) is 13.1 Å². The van der Waals surface area contributed by atoms with Crippen molar-refractivity contribution in [3.63, 3.8) is 0 Å². The molecule has 2 atom stereocenters. The fourth-order valence-electron chi connectivity index (χ4n) is 3.72. The summed E-state index contributed by atoms with van der Waals surface area (Å²) in [7, 11) is 0. The maximum Gasteiger partial charge on any atom is 0.276 e. The fraction of sp³-hybridized carbons (Fsp3) is 0.625. The molecular formula is C16H22N3OS+. The van der Waals surface area contributed by atoms with Gasteiger partial charge < -0.3 is 10.2 Å². The minimum absolute atomic E-state index is 0.0388. The molecule has 21 heavy (non-hydrogen) atoms. The zero-order valence-electron chi connectivity index (χ0n) is 12.2. The highest BCUT2D eigenvalue weighted by Gasteiger charge is 2.38. The van der Waals surface area contributed by atoms with E-state index in [1.807, 2.05) is 0 Å². The van der Waals surface area contributed by atoms with Crippen LogP contribution in [-0.2, 0) is 4.79 Å². The highest BCUT2D eigenvalue weighted by atomic mass is 32.1. The fourth-order valence-corrected chi connectivity index (χ4v) is 4.64. The third-order valence-electron chi connectivity index (χ3n) is 4.81. The van der Waals surface area contributed by atoms with Crippen molar-refractivity contribution in [3.8, 4) is 6.07 Å². The Hall–Kier alpha value is -1.38. The van der Waals surface area contributed by atoms with E-state index < -0.39 is 5.54 Å². The number of nitriles is 1. The standard InChI is InChI=1S/C16H21N3OS/c17-12-16(7-1-2-8-16)18-15(20)11-19-9-3-5-13(19)14-6-4-10-21-14/h4,6,10,13H,1-3,5,7-9,11H2,(H,18,20)/p+1/t13-/m0/s1. The van der Waals surface area contributed by atoms with E-state index in [9.17, 15) is 10.1 Å². The normalized spacial score (nSPS) is 27.4. The summed E-state index contributed by atoms with van der Waals surface area (Å²) in [6, 6.07) is 7.04. The molecule has 1 aromatic rings. The number of nitrogens with one attached hydrogen (secondary N) is 2. The third kappa shape index (κ3) is 3.12. The topological polar surface area (TPSA) is 57.3 Å². The Labute approximate surface area is 129 Å². The Balaban J connectivity index is 1.61. The van der Waals surface area contributed by atoms with Crippen LogP contribution in [0.15, 0.2) is 17.5 Å². The first-order chi connectivity index (χ1) is 10.2. The first-order valence-corrected chi connectivity index (χ1v) is 8.71. The molecule has 2 aliphatic rings. The number of hydrogen-bond donors (Lipinski definition) is 2. The van der Waals surface area contributed by atoms with Gasteiger partial charge in [0.2, 0.25) is 0 Å². The van der Waals surface area contributed by atoms with E-state index >= 15 is 0 Å². The summed E-state index contributed by atoms with van der Waals surface area (Å²) in [5.41, 5.74) is -0.589. The molecule has 1 saturated carbocycles. The zero-order chi connectivity index (χ0) is 14.7. The van der Waals surface area contributed by atoms with Crippen LogP contribution in [0.1, 0.15) is 49.4 Å². The summed E-state index contributed by atoms with van der Waals surface area (Å²) in [6.45, 7) is 1.54. The summed E-state index contributed by atoms with van der Waals surface area (Å²) in [5.74, 6) is 0.0388. The van der Waals surface area contributed by atoms with Gasteiger partial charge in [-0.2, -0.15) is 5.26 Å². The molecule has 112 valence electrons. The molecule has 0 spiro atoms. The third-order valence-corrected chi connectivity index (χ3v) is 5.79. The molecule has 2 fully saturated rings. The van der Waals surface area contributed by atoms with Crippen LogP contribution in [0.4, 0.5) is 0 Å². The van der Waals surface area contributed by atoms with E-state index in [1.54, 1.807) is 11.3 Å². The molecule has 1 saturated heterocycles. The summed E-state index contributed by atoms with van der Waals surface area (Å²) in [6.07, 6.45) is 6.03. The number of thiophene rings is 1. The van der Waals surface area contributed by atoms with Gasteiger partial charge in [0.05, 0.1) is 17.5 Å². The molecule has 3 rings (SSSR count). The van der Waals surface area contributed by atoms with Crippen molar-refractivity contribution in [2.45, 2.75) is 50.1 Å². The maximum atomic E-state index is 12.4. The Bertz CT molecular complexity index is 528. The van der Waals surface area contributed by atoms with Gasteiger partial charge in [-0.05, 0) is 37.1 Å². The first-order valence-electron chi connectivity index (χ1n) is 7.83. The van der Waals surface area contributed by atoms with Crippen molar-refractivity contribution in [1.29, 1.82) is 5.26 Å².